The van der Waals surface area contributed by atoms with Gasteiger partial charge in [-0.15, -0.1) is 0 Å². The summed E-state index contributed by atoms with van der Waals surface area (Å²) in [6.07, 6.45) is 5.51. The highest BCUT2D eigenvalue weighted by Gasteiger charge is 2.22. The van der Waals surface area contributed by atoms with Crippen molar-refractivity contribution < 1.29 is 9.15 Å². The summed E-state index contributed by atoms with van der Waals surface area (Å²) < 4.78 is 10.6. The van der Waals surface area contributed by atoms with E-state index in [0.717, 1.165) is 31.1 Å². The molecule has 1 saturated heterocycles. The molecular weight excluding hydrogens is 346 g/mol. The van der Waals surface area contributed by atoms with E-state index in [4.69, 9.17) is 21.4 Å². The first-order valence-corrected chi connectivity index (χ1v) is 9.59. The van der Waals surface area contributed by atoms with Gasteiger partial charge in [0.15, 0.2) is 5.11 Å². The lowest BCUT2D eigenvalue weighted by atomic mass is 10.0. The van der Waals surface area contributed by atoms with Crippen LogP contribution in [0.25, 0.3) is 0 Å². The van der Waals surface area contributed by atoms with Gasteiger partial charge >= 0.3 is 0 Å². The number of likely N-dealkylation sites (tertiary alicyclic amines) is 1. The van der Waals surface area contributed by atoms with Crippen LogP contribution in [0.3, 0.4) is 0 Å². The van der Waals surface area contributed by atoms with Crippen molar-refractivity contribution in [2.45, 2.75) is 31.8 Å². The highest BCUT2D eigenvalue weighted by atomic mass is 32.1. The monoisotopic (exact) mass is 373 g/mol. The molecule has 2 heterocycles. The van der Waals surface area contributed by atoms with E-state index in [1.54, 1.807) is 13.4 Å². The number of hydrogen-bond donors (Lipinski definition) is 2. The molecule has 26 heavy (non-hydrogen) atoms. The fourth-order valence-corrected chi connectivity index (χ4v) is 3.50. The van der Waals surface area contributed by atoms with Crippen molar-refractivity contribution in [2.75, 3.05) is 26.7 Å². The van der Waals surface area contributed by atoms with Gasteiger partial charge in [0.05, 0.1) is 26.0 Å². The first kappa shape index (κ1) is 18.7. The summed E-state index contributed by atoms with van der Waals surface area (Å²) >= 11 is 5.43. The van der Waals surface area contributed by atoms with Gasteiger partial charge in [-0.1, -0.05) is 18.6 Å². The number of thiocarbonyl (C=S) groups is 1. The van der Waals surface area contributed by atoms with Gasteiger partial charge < -0.3 is 19.8 Å². The first-order chi connectivity index (χ1) is 12.8. The molecule has 1 aliphatic rings. The predicted molar refractivity (Wildman–Crippen MR) is 107 cm³/mol. The van der Waals surface area contributed by atoms with Crippen LogP contribution in [0, 0.1) is 0 Å². The van der Waals surface area contributed by atoms with Crippen molar-refractivity contribution in [1.82, 2.24) is 15.5 Å². The number of piperidine rings is 1. The van der Waals surface area contributed by atoms with Crippen LogP contribution >= 0.6 is 12.2 Å². The van der Waals surface area contributed by atoms with Crippen molar-refractivity contribution in [2.24, 2.45) is 0 Å². The van der Waals surface area contributed by atoms with Gasteiger partial charge in [0, 0.05) is 6.54 Å². The van der Waals surface area contributed by atoms with Crippen LogP contribution in [0.2, 0.25) is 0 Å². The molecule has 1 aromatic heterocycles. The van der Waals surface area contributed by atoms with Gasteiger partial charge in [0.25, 0.3) is 0 Å². The lowest BCUT2D eigenvalue weighted by Gasteiger charge is -2.35. The largest absolute Gasteiger partial charge is 0.497 e. The minimum Gasteiger partial charge on any atom is -0.497 e. The van der Waals surface area contributed by atoms with Crippen molar-refractivity contribution in [3.63, 3.8) is 0 Å². The fourth-order valence-electron chi connectivity index (χ4n) is 3.35. The average Bonchev–Trinajstić information content (AvgIpc) is 3.21. The number of furan rings is 1. The summed E-state index contributed by atoms with van der Waals surface area (Å²) in [6.45, 7) is 3.63. The third kappa shape index (κ3) is 5.22. The Balaban J connectivity index is 1.59. The number of hydrogen-bond acceptors (Lipinski definition) is 4. The fraction of sp³-hybridized carbons (Fsp3) is 0.450. The summed E-state index contributed by atoms with van der Waals surface area (Å²) in [5, 5.41) is 7.23. The molecule has 5 nitrogen and oxygen atoms in total. The summed E-state index contributed by atoms with van der Waals surface area (Å²) in [5.74, 6) is 1.76. The maximum absolute atomic E-state index is 5.43. The van der Waals surface area contributed by atoms with Gasteiger partial charge in [0.1, 0.15) is 11.5 Å². The highest BCUT2D eigenvalue weighted by Crippen LogP contribution is 2.25. The molecule has 0 spiro atoms. The van der Waals surface area contributed by atoms with E-state index in [9.17, 15) is 0 Å². The molecule has 1 unspecified atom stereocenters. The van der Waals surface area contributed by atoms with Crippen LogP contribution < -0.4 is 15.4 Å². The number of methoxy groups -OCH3 is 1. The van der Waals surface area contributed by atoms with E-state index in [0.29, 0.717) is 17.7 Å². The maximum Gasteiger partial charge on any atom is 0.166 e. The molecule has 0 aliphatic carbocycles. The lowest BCUT2D eigenvalue weighted by molar-refractivity contribution is 0.164. The van der Waals surface area contributed by atoms with Crippen molar-refractivity contribution in [3.05, 3.63) is 54.0 Å². The van der Waals surface area contributed by atoms with Gasteiger partial charge in [-0.2, -0.15) is 0 Å². The Bertz CT molecular complexity index is 667. The van der Waals surface area contributed by atoms with Crippen LogP contribution in [-0.2, 0) is 6.54 Å². The molecule has 1 fully saturated rings. The van der Waals surface area contributed by atoms with Gasteiger partial charge in [-0.3, -0.25) is 4.90 Å². The minimum atomic E-state index is 0.296. The Morgan fingerprint density at radius 2 is 1.92 bits per heavy atom. The molecule has 1 aliphatic heterocycles. The summed E-state index contributed by atoms with van der Waals surface area (Å²) in [5.41, 5.74) is 1.29. The topological polar surface area (TPSA) is 49.7 Å². The number of rotatable bonds is 7. The zero-order valence-electron chi connectivity index (χ0n) is 15.2. The smallest absolute Gasteiger partial charge is 0.166 e. The SMILES string of the molecule is COc1ccc(C(CNC(=S)NCc2ccco2)N2CCCCC2)cc1. The van der Waals surface area contributed by atoms with E-state index in [1.807, 2.05) is 24.3 Å². The molecule has 140 valence electrons. The molecule has 2 N–H and O–H groups in total. The van der Waals surface area contributed by atoms with Crippen LogP contribution in [-0.4, -0.2) is 36.8 Å². The Morgan fingerprint density at radius 1 is 1.15 bits per heavy atom. The zero-order valence-corrected chi connectivity index (χ0v) is 16.1. The maximum atomic E-state index is 5.43. The molecule has 0 amide bonds. The minimum absolute atomic E-state index is 0.296. The van der Waals surface area contributed by atoms with Gasteiger partial charge in [0.2, 0.25) is 0 Å². The summed E-state index contributed by atoms with van der Waals surface area (Å²) in [4.78, 5) is 2.55. The second kappa shape index (κ2) is 9.59. The zero-order chi connectivity index (χ0) is 18.2. The van der Waals surface area contributed by atoms with E-state index in [1.165, 1.54) is 24.8 Å². The molecule has 1 aromatic carbocycles. The van der Waals surface area contributed by atoms with Crippen LogP contribution in [0.4, 0.5) is 0 Å². The molecule has 3 rings (SSSR count). The summed E-state index contributed by atoms with van der Waals surface area (Å²) in [6, 6.07) is 12.5. The normalized spacial score (nSPS) is 16.0. The molecule has 0 bridgehead atoms. The Kier molecular flexibility index (Phi) is 6.91. The average molecular weight is 374 g/mol. The third-order valence-electron chi connectivity index (χ3n) is 4.79. The molecule has 0 saturated carbocycles. The van der Waals surface area contributed by atoms with E-state index < -0.39 is 0 Å². The summed E-state index contributed by atoms with van der Waals surface area (Å²) in [7, 11) is 1.70. The Morgan fingerprint density at radius 3 is 2.58 bits per heavy atom. The molecule has 1 atom stereocenters. The Labute approximate surface area is 160 Å². The van der Waals surface area contributed by atoms with Gasteiger partial charge in [-0.25, -0.2) is 0 Å². The molecule has 0 radical (unpaired) electrons. The number of ether oxygens (including phenoxy) is 1. The van der Waals surface area contributed by atoms with Gasteiger partial charge in [-0.05, 0) is 68.0 Å². The first-order valence-electron chi connectivity index (χ1n) is 9.18. The predicted octanol–water partition coefficient (Wildman–Crippen LogP) is 3.48. The van der Waals surface area contributed by atoms with E-state index >= 15 is 0 Å². The van der Waals surface area contributed by atoms with Crippen molar-refractivity contribution in [1.29, 1.82) is 0 Å². The van der Waals surface area contributed by atoms with Crippen molar-refractivity contribution in [3.8, 4) is 5.75 Å². The third-order valence-corrected chi connectivity index (χ3v) is 5.08. The quantitative estimate of drug-likeness (QED) is 0.725. The van der Waals surface area contributed by atoms with E-state index in [2.05, 4.69) is 27.7 Å². The second-order valence-electron chi connectivity index (χ2n) is 6.53. The van der Waals surface area contributed by atoms with E-state index in [-0.39, 0.29) is 0 Å². The lowest BCUT2D eigenvalue weighted by Crippen LogP contribution is -2.43. The molecule has 6 heteroatoms. The number of nitrogens with one attached hydrogen (secondary N) is 2. The molecule has 2 aromatic rings. The van der Waals surface area contributed by atoms with Crippen LogP contribution in [0.15, 0.2) is 47.1 Å². The second-order valence-corrected chi connectivity index (χ2v) is 6.94. The van der Waals surface area contributed by atoms with Crippen LogP contribution in [0.5, 0.6) is 5.75 Å². The highest BCUT2D eigenvalue weighted by molar-refractivity contribution is 7.80. The number of benzene rings is 1. The Hall–Kier alpha value is -2.05. The van der Waals surface area contributed by atoms with Crippen molar-refractivity contribution >= 4 is 17.3 Å². The molecular formula is C20H27N3O2S. The standard InChI is InChI=1S/C20H27N3O2S/c1-24-17-9-7-16(8-10-17)19(23-11-3-2-4-12-23)15-22-20(26)21-14-18-6-5-13-25-18/h5-10,13,19H,2-4,11-12,14-15H2,1H3,(H2,21,22,26). The van der Waals surface area contributed by atoms with Crippen LogP contribution in [0.1, 0.15) is 36.6 Å². The number of nitrogens with zero attached hydrogens (tertiary/aromatic N) is 1.